The molecule has 0 bridgehead atoms. The van der Waals surface area contributed by atoms with Gasteiger partial charge in [0.05, 0.1) is 5.51 Å². The average Bonchev–Trinajstić information content (AvgIpc) is 2.82. The molecular formula is C12H19N3OS. The van der Waals surface area contributed by atoms with Crippen LogP contribution < -0.4 is 0 Å². The molecule has 4 nitrogen and oxygen atoms in total. The molecule has 2 rings (SSSR count). The molecule has 1 aliphatic heterocycles. The SMILES string of the molecule is CC(=O)N(C)C1CCN(Cc2cncs2)CC1. The Morgan fingerprint density at radius 2 is 2.29 bits per heavy atom. The molecule has 0 aromatic carbocycles. The van der Waals surface area contributed by atoms with Gasteiger partial charge in [-0.2, -0.15) is 0 Å². The summed E-state index contributed by atoms with van der Waals surface area (Å²) in [6.45, 7) is 4.78. The minimum atomic E-state index is 0.172. The third-order valence-corrected chi connectivity index (χ3v) is 4.23. The second-order valence-corrected chi connectivity index (χ2v) is 5.58. The van der Waals surface area contributed by atoms with Crippen molar-refractivity contribution in [2.45, 2.75) is 32.4 Å². The fraction of sp³-hybridized carbons (Fsp3) is 0.667. The van der Waals surface area contributed by atoms with Crippen molar-refractivity contribution in [3.05, 3.63) is 16.6 Å². The van der Waals surface area contributed by atoms with Crippen LogP contribution in [0.15, 0.2) is 11.7 Å². The van der Waals surface area contributed by atoms with Gasteiger partial charge in [0.15, 0.2) is 0 Å². The Morgan fingerprint density at radius 3 is 2.82 bits per heavy atom. The summed E-state index contributed by atoms with van der Waals surface area (Å²) in [6.07, 6.45) is 4.10. The highest BCUT2D eigenvalue weighted by molar-refractivity contribution is 7.09. The molecule has 1 saturated heterocycles. The molecule has 0 saturated carbocycles. The van der Waals surface area contributed by atoms with Crippen molar-refractivity contribution in [3.8, 4) is 0 Å². The number of hydrogen-bond acceptors (Lipinski definition) is 4. The minimum Gasteiger partial charge on any atom is -0.343 e. The lowest BCUT2D eigenvalue weighted by Crippen LogP contribution is -2.44. The van der Waals surface area contributed by atoms with Crippen molar-refractivity contribution in [2.75, 3.05) is 20.1 Å². The van der Waals surface area contributed by atoms with E-state index in [0.29, 0.717) is 6.04 Å². The van der Waals surface area contributed by atoms with E-state index in [0.717, 1.165) is 32.5 Å². The number of likely N-dealkylation sites (tertiary alicyclic amines) is 1. The fourth-order valence-corrected chi connectivity index (χ4v) is 2.90. The zero-order chi connectivity index (χ0) is 12.3. The van der Waals surface area contributed by atoms with Gasteiger partial charge in [-0.15, -0.1) is 11.3 Å². The topological polar surface area (TPSA) is 36.4 Å². The summed E-state index contributed by atoms with van der Waals surface area (Å²) in [5, 5.41) is 0. The molecule has 2 heterocycles. The molecule has 5 heteroatoms. The van der Waals surface area contributed by atoms with Gasteiger partial charge in [-0.1, -0.05) is 0 Å². The Hall–Kier alpha value is -0.940. The molecule has 94 valence electrons. The fourth-order valence-electron chi connectivity index (χ4n) is 2.26. The molecular weight excluding hydrogens is 234 g/mol. The monoisotopic (exact) mass is 253 g/mol. The van der Waals surface area contributed by atoms with Crippen molar-refractivity contribution in [1.82, 2.24) is 14.8 Å². The van der Waals surface area contributed by atoms with Crippen LogP contribution in [-0.2, 0) is 11.3 Å². The van der Waals surface area contributed by atoms with Crippen LogP contribution in [0.25, 0.3) is 0 Å². The standard InChI is InChI=1S/C12H19N3OS/c1-10(16)14(2)11-3-5-15(6-4-11)8-12-7-13-9-17-12/h7,9,11H,3-6,8H2,1-2H3. The summed E-state index contributed by atoms with van der Waals surface area (Å²) in [4.78, 5) is 21.0. The predicted octanol–water partition coefficient (Wildman–Crippen LogP) is 1.59. The van der Waals surface area contributed by atoms with Crippen LogP contribution >= 0.6 is 11.3 Å². The third-order valence-electron chi connectivity index (χ3n) is 3.46. The number of nitrogens with zero attached hydrogens (tertiary/aromatic N) is 3. The lowest BCUT2D eigenvalue weighted by molar-refractivity contribution is -0.130. The molecule has 0 radical (unpaired) electrons. The second kappa shape index (κ2) is 5.60. The molecule has 17 heavy (non-hydrogen) atoms. The zero-order valence-corrected chi connectivity index (χ0v) is 11.2. The molecule has 1 fully saturated rings. The van der Waals surface area contributed by atoms with Crippen LogP contribution in [0, 0.1) is 0 Å². The molecule has 1 aromatic rings. The van der Waals surface area contributed by atoms with Gasteiger partial charge in [0.1, 0.15) is 0 Å². The second-order valence-electron chi connectivity index (χ2n) is 4.60. The summed E-state index contributed by atoms with van der Waals surface area (Å²) in [5.74, 6) is 0.172. The van der Waals surface area contributed by atoms with Crippen molar-refractivity contribution >= 4 is 17.2 Å². The van der Waals surface area contributed by atoms with E-state index in [2.05, 4.69) is 9.88 Å². The Kier molecular flexibility index (Phi) is 4.12. The first-order valence-electron chi connectivity index (χ1n) is 6.00. The van der Waals surface area contributed by atoms with Gasteiger partial charge in [0.2, 0.25) is 5.91 Å². The Morgan fingerprint density at radius 1 is 1.59 bits per heavy atom. The predicted molar refractivity (Wildman–Crippen MR) is 68.9 cm³/mol. The normalized spacial score (nSPS) is 18.2. The van der Waals surface area contributed by atoms with Gasteiger partial charge in [0.25, 0.3) is 0 Å². The zero-order valence-electron chi connectivity index (χ0n) is 10.4. The maximum Gasteiger partial charge on any atom is 0.219 e. The molecule has 0 N–H and O–H groups in total. The number of amides is 1. The Labute approximate surface area is 106 Å². The summed E-state index contributed by atoms with van der Waals surface area (Å²) in [6, 6.07) is 0.421. The molecule has 0 spiro atoms. The highest BCUT2D eigenvalue weighted by atomic mass is 32.1. The molecule has 0 aliphatic carbocycles. The number of thiazole rings is 1. The van der Waals surface area contributed by atoms with E-state index in [9.17, 15) is 4.79 Å². The molecule has 1 aromatic heterocycles. The van der Waals surface area contributed by atoms with Crippen LogP contribution in [-0.4, -0.2) is 46.9 Å². The van der Waals surface area contributed by atoms with Crippen molar-refractivity contribution < 1.29 is 4.79 Å². The molecule has 1 amide bonds. The van der Waals surface area contributed by atoms with Gasteiger partial charge < -0.3 is 4.90 Å². The molecule has 0 unspecified atom stereocenters. The highest BCUT2D eigenvalue weighted by Crippen LogP contribution is 2.18. The highest BCUT2D eigenvalue weighted by Gasteiger charge is 2.23. The number of piperidine rings is 1. The van der Waals surface area contributed by atoms with E-state index in [1.165, 1.54) is 4.88 Å². The van der Waals surface area contributed by atoms with Gasteiger partial charge in [0, 0.05) is 50.7 Å². The van der Waals surface area contributed by atoms with Crippen LogP contribution in [0.2, 0.25) is 0 Å². The number of hydrogen-bond donors (Lipinski definition) is 0. The van der Waals surface area contributed by atoms with Gasteiger partial charge in [-0.3, -0.25) is 14.7 Å². The van der Waals surface area contributed by atoms with Crippen LogP contribution in [0.3, 0.4) is 0 Å². The number of carbonyl (C=O) groups is 1. The third kappa shape index (κ3) is 3.26. The first-order chi connectivity index (χ1) is 8.16. The summed E-state index contributed by atoms with van der Waals surface area (Å²) in [7, 11) is 1.91. The van der Waals surface area contributed by atoms with Gasteiger partial charge >= 0.3 is 0 Å². The van der Waals surface area contributed by atoms with Crippen LogP contribution in [0.1, 0.15) is 24.6 Å². The Balaban J connectivity index is 1.80. The van der Waals surface area contributed by atoms with Crippen molar-refractivity contribution in [1.29, 1.82) is 0 Å². The number of carbonyl (C=O) groups excluding carboxylic acids is 1. The quantitative estimate of drug-likeness (QED) is 0.820. The lowest BCUT2D eigenvalue weighted by Gasteiger charge is -2.36. The van der Waals surface area contributed by atoms with Crippen LogP contribution in [0.5, 0.6) is 0 Å². The van der Waals surface area contributed by atoms with E-state index < -0.39 is 0 Å². The van der Waals surface area contributed by atoms with Gasteiger partial charge in [-0.05, 0) is 12.8 Å². The lowest BCUT2D eigenvalue weighted by atomic mass is 10.0. The van der Waals surface area contributed by atoms with Crippen molar-refractivity contribution in [3.63, 3.8) is 0 Å². The first kappa shape index (κ1) is 12.5. The average molecular weight is 253 g/mol. The number of aromatic nitrogens is 1. The Bertz CT molecular complexity index is 358. The first-order valence-corrected chi connectivity index (χ1v) is 6.88. The minimum absolute atomic E-state index is 0.172. The maximum atomic E-state index is 11.3. The smallest absolute Gasteiger partial charge is 0.219 e. The number of rotatable bonds is 3. The van der Waals surface area contributed by atoms with E-state index in [1.807, 2.05) is 23.7 Å². The molecule has 1 aliphatic rings. The van der Waals surface area contributed by atoms with E-state index in [4.69, 9.17) is 0 Å². The van der Waals surface area contributed by atoms with E-state index >= 15 is 0 Å². The van der Waals surface area contributed by atoms with Gasteiger partial charge in [-0.25, -0.2) is 0 Å². The summed E-state index contributed by atoms with van der Waals surface area (Å²) in [5.41, 5.74) is 1.88. The largest absolute Gasteiger partial charge is 0.343 e. The van der Waals surface area contributed by atoms with Crippen molar-refractivity contribution in [2.24, 2.45) is 0 Å². The van der Waals surface area contributed by atoms with E-state index in [1.54, 1.807) is 18.3 Å². The summed E-state index contributed by atoms with van der Waals surface area (Å²) < 4.78 is 0. The van der Waals surface area contributed by atoms with Crippen LogP contribution in [0.4, 0.5) is 0 Å². The summed E-state index contributed by atoms with van der Waals surface area (Å²) >= 11 is 1.71. The van der Waals surface area contributed by atoms with E-state index in [-0.39, 0.29) is 5.91 Å². The maximum absolute atomic E-state index is 11.3. The molecule has 0 atom stereocenters.